The van der Waals surface area contributed by atoms with Gasteiger partial charge in [0, 0.05) is 40.4 Å². The molecule has 0 aliphatic heterocycles. The average Bonchev–Trinajstić information content (AvgIpc) is 1.70. The van der Waals surface area contributed by atoms with Gasteiger partial charge in [-0.15, -0.1) is 0 Å². The molecule has 4 aromatic heterocycles. The molecule has 462 valence electrons. The highest BCUT2D eigenvalue weighted by atomic mass is 32.2. The van der Waals surface area contributed by atoms with Crippen LogP contribution in [-0.2, 0) is 28.9 Å². The highest BCUT2D eigenvalue weighted by Gasteiger charge is 2.39. The second kappa shape index (κ2) is 25.5. The molecule has 4 aromatic carbocycles. The summed E-state index contributed by atoms with van der Waals surface area (Å²) in [4.78, 5) is 50.3. The van der Waals surface area contributed by atoms with Gasteiger partial charge >= 0.3 is 5.97 Å². The molecule has 0 aliphatic carbocycles. The molecule has 0 aliphatic rings. The Morgan fingerprint density at radius 3 is 1.25 bits per heavy atom. The zero-order valence-corrected chi connectivity index (χ0v) is 55.3. The summed E-state index contributed by atoms with van der Waals surface area (Å²) < 4.78 is 98.6. The van der Waals surface area contributed by atoms with Gasteiger partial charge in [0.15, 0.2) is 28.2 Å². The van der Waals surface area contributed by atoms with Crippen LogP contribution in [0.25, 0.3) is 55.8 Å². The average molecular weight is 1260 g/mol. The lowest BCUT2D eigenvalue weighted by molar-refractivity contribution is 0.0698. The van der Waals surface area contributed by atoms with E-state index in [4.69, 9.17) is 8.85 Å². The summed E-state index contributed by atoms with van der Waals surface area (Å²) in [6.07, 6.45) is 5.26. The number of carboxylic acid groups (broad SMARTS) is 1. The molecule has 0 fully saturated rings. The summed E-state index contributed by atoms with van der Waals surface area (Å²) >= 11 is 0. The van der Waals surface area contributed by atoms with E-state index in [1.807, 2.05) is 0 Å². The molecule has 1 amide bonds. The number of benzene rings is 4. The van der Waals surface area contributed by atoms with E-state index in [-0.39, 0.29) is 76.0 Å². The number of sulfonamides is 2. The number of hydrogen-bond donors (Lipinski definition) is 2. The number of aromatic carboxylic acids is 1. The van der Waals surface area contributed by atoms with Crippen molar-refractivity contribution >= 4 is 82.5 Å². The van der Waals surface area contributed by atoms with Crippen LogP contribution < -0.4 is 13.9 Å². The molecular formula is C63H75F2N7O11S2Si2. The van der Waals surface area contributed by atoms with Crippen LogP contribution in [0.3, 0.4) is 0 Å². The van der Waals surface area contributed by atoms with Crippen molar-refractivity contribution in [1.29, 1.82) is 0 Å². The van der Waals surface area contributed by atoms with E-state index in [9.17, 15) is 49.9 Å². The van der Waals surface area contributed by atoms with E-state index in [1.54, 1.807) is 66.9 Å². The Hall–Kier alpha value is -7.75. The number of nitrogens with zero attached hydrogens (tertiary/aromatic N) is 6. The minimum Gasteiger partial charge on any atom is -0.478 e. The topological polar surface area (TPSA) is 228 Å². The summed E-state index contributed by atoms with van der Waals surface area (Å²) in [5.74, 6) is -2.92. The van der Waals surface area contributed by atoms with Crippen molar-refractivity contribution < 1.29 is 58.8 Å². The minimum atomic E-state index is -3.87. The lowest BCUT2D eigenvalue weighted by atomic mass is 9.99. The highest BCUT2D eigenvalue weighted by Crippen LogP contribution is 2.42. The molecule has 0 saturated heterocycles. The molecular weight excluding hydrogens is 1190 g/mol. The second-order valence-corrected chi connectivity index (χ2v) is 37.7. The first-order valence-electron chi connectivity index (χ1n) is 27.9. The summed E-state index contributed by atoms with van der Waals surface area (Å²) in [6.45, 7) is 24.2. The number of fused-ring (bicyclic) bond motifs is 2. The number of carbonyl (C=O) groups is 4. The van der Waals surface area contributed by atoms with Crippen LogP contribution in [0.15, 0.2) is 122 Å². The van der Waals surface area contributed by atoms with E-state index in [0.29, 0.717) is 61.4 Å². The summed E-state index contributed by atoms with van der Waals surface area (Å²) in [5.41, 5.74) is 5.38. The number of amides is 1. The standard InChI is InChI=1S/C32H39FN4O5SSi.C31H36FN3O6SSi/c1-21(38)23-10-9-11-24(18-23)26-19-27-29(31(39)34-5)30(22-12-14-25(33)15-13-22)35-36(27)20-28(26)37(43(6,40)41)16-17-42-44(7,8)32(2,3)4;1-20(36)22-9-8-10-23(17-22)25-18-26-28(30(37)38)29(21-11-13-24(32)14-12-21)33-34(26)19-27(25)35(42(5,39)40)15-16-41-43(6,7)31(2,3)4/h9-15,18-20H,16-17H2,1-8H3,(H,34,39);8-14,17-19H,15-16H2,1-7H3,(H,37,38). The van der Waals surface area contributed by atoms with Crippen molar-refractivity contribution in [3.05, 3.63) is 155 Å². The molecule has 24 heteroatoms. The van der Waals surface area contributed by atoms with Crippen molar-refractivity contribution in [1.82, 2.24) is 24.5 Å². The van der Waals surface area contributed by atoms with E-state index < -0.39 is 60.2 Å². The first-order chi connectivity index (χ1) is 40.3. The quantitative estimate of drug-likeness (QED) is 0.0535. The van der Waals surface area contributed by atoms with E-state index in [2.05, 4.69) is 83.2 Å². The van der Waals surface area contributed by atoms with Gasteiger partial charge in [-0.05, 0) is 134 Å². The van der Waals surface area contributed by atoms with Crippen molar-refractivity contribution in [3.63, 3.8) is 0 Å². The van der Waals surface area contributed by atoms with Gasteiger partial charge in [0.1, 0.15) is 28.6 Å². The maximum Gasteiger partial charge on any atom is 0.340 e. The number of pyridine rings is 2. The van der Waals surface area contributed by atoms with E-state index in [1.165, 1.54) is 93.3 Å². The smallest absolute Gasteiger partial charge is 0.340 e. The van der Waals surface area contributed by atoms with Gasteiger partial charge in [0.2, 0.25) is 20.0 Å². The van der Waals surface area contributed by atoms with Gasteiger partial charge in [-0.3, -0.25) is 23.0 Å². The number of hydrogen-bond acceptors (Lipinski definition) is 12. The monoisotopic (exact) mass is 1260 g/mol. The predicted octanol–water partition coefficient (Wildman–Crippen LogP) is 12.7. The van der Waals surface area contributed by atoms with Crippen molar-refractivity contribution in [2.24, 2.45) is 0 Å². The lowest BCUT2D eigenvalue weighted by Gasteiger charge is -2.37. The zero-order valence-electron chi connectivity index (χ0n) is 51.7. The number of anilines is 2. The molecule has 0 radical (unpaired) electrons. The number of ketones is 2. The van der Waals surface area contributed by atoms with Gasteiger partial charge in [-0.2, -0.15) is 10.2 Å². The third-order valence-electron chi connectivity index (χ3n) is 16.0. The van der Waals surface area contributed by atoms with Crippen LogP contribution in [0.2, 0.25) is 36.3 Å². The zero-order chi connectivity index (χ0) is 64.5. The van der Waals surface area contributed by atoms with E-state index >= 15 is 0 Å². The third-order valence-corrected chi connectivity index (χ3v) is 27.5. The van der Waals surface area contributed by atoms with Crippen LogP contribution in [0.5, 0.6) is 0 Å². The van der Waals surface area contributed by atoms with Crippen molar-refractivity contribution in [2.45, 2.75) is 91.7 Å². The van der Waals surface area contributed by atoms with Gasteiger partial charge < -0.3 is 19.3 Å². The fraction of sp³-hybridized carbons (Fsp3) is 0.333. The van der Waals surface area contributed by atoms with Crippen LogP contribution in [0.4, 0.5) is 20.2 Å². The van der Waals surface area contributed by atoms with Gasteiger partial charge in [0.05, 0.1) is 79.2 Å². The maximum absolute atomic E-state index is 13.8. The molecule has 0 spiro atoms. The molecule has 8 rings (SSSR count). The maximum atomic E-state index is 13.8. The molecule has 87 heavy (non-hydrogen) atoms. The Morgan fingerprint density at radius 1 is 0.575 bits per heavy atom. The lowest BCUT2D eigenvalue weighted by Crippen LogP contribution is -2.43. The predicted molar refractivity (Wildman–Crippen MR) is 343 cm³/mol. The van der Waals surface area contributed by atoms with Gasteiger partial charge in [-0.1, -0.05) is 77.9 Å². The molecule has 8 aromatic rings. The third kappa shape index (κ3) is 15.0. The Labute approximate surface area is 509 Å². The fourth-order valence-corrected chi connectivity index (χ4v) is 13.0. The van der Waals surface area contributed by atoms with Gasteiger partial charge in [0.25, 0.3) is 5.91 Å². The second-order valence-electron chi connectivity index (χ2n) is 24.3. The molecule has 0 saturated carbocycles. The number of carbonyl (C=O) groups excluding carboxylic acids is 3. The summed E-state index contributed by atoms with van der Waals surface area (Å²) in [7, 11) is -10.6. The number of nitrogens with one attached hydrogen (secondary N) is 1. The Kier molecular flexibility index (Phi) is 19.6. The van der Waals surface area contributed by atoms with Crippen molar-refractivity contribution in [2.75, 3.05) is 54.5 Å². The van der Waals surface area contributed by atoms with Crippen LogP contribution >= 0.6 is 0 Å². The number of aromatic nitrogens is 4. The molecule has 0 unspecified atom stereocenters. The number of carboxylic acids is 1. The first-order valence-corrected chi connectivity index (χ1v) is 37.4. The van der Waals surface area contributed by atoms with Gasteiger partial charge in [-0.25, -0.2) is 39.4 Å². The van der Waals surface area contributed by atoms with E-state index in [0.717, 1.165) is 12.5 Å². The molecule has 0 bridgehead atoms. The number of halogens is 2. The number of Topliss-reactive ketones (excluding diaryl/α,β-unsaturated/α-hetero) is 2. The summed E-state index contributed by atoms with van der Waals surface area (Å²) in [5, 5.41) is 21.9. The largest absolute Gasteiger partial charge is 0.478 e. The Bertz CT molecular complexity index is 4180. The first kappa shape index (κ1) is 66.8. The molecule has 2 N–H and O–H groups in total. The molecule has 0 atom stereocenters. The van der Waals surface area contributed by atoms with Crippen molar-refractivity contribution in [3.8, 4) is 44.8 Å². The van der Waals surface area contributed by atoms with Crippen LogP contribution in [0, 0.1) is 11.6 Å². The Balaban J connectivity index is 0.000000249. The van der Waals surface area contributed by atoms with Crippen LogP contribution in [-0.4, -0.2) is 127 Å². The SMILES string of the molecule is CC(=O)c1cccc(-c2cc3c(C(=O)O)c(-c4ccc(F)cc4)nn3cc2N(CCO[Si](C)(C)C(C)(C)C)S(C)(=O)=O)c1.CNC(=O)c1c(-c2ccc(F)cc2)nn2cc(N(CCO[Si](C)(C)C(C)(C)C)S(C)(=O)=O)c(-c3cccc(C(C)=O)c3)cc12. The Morgan fingerprint density at radius 2 is 0.931 bits per heavy atom. The normalized spacial score (nSPS) is 12.4. The highest BCUT2D eigenvalue weighted by molar-refractivity contribution is 7.92. The number of rotatable bonds is 20. The molecule has 4 heterocycles. The summed E-state index contributed by atoms with van der Waals surface area (Å²) in [6, 6.07) is 27.8. The van der Waals surface area contributed by atoms with Crippen LogP contribution in [0.1, 0.15) is 96.8 Å². The fourth-order valence-electron chi connectivity index (χ4n) is 9.14. The minimum absolute atomic E-state index is 0.00583. The molecule has 18 nitrogen and oxygen atoms in total.